The SMILES string of the molecule is CCC.CCc1ncccc1OC. The zero-order valence-electron chi connectivity index (χ0n) is 9.00. The molecule has 2 heteroatoms. The molecule has 1 heterocycles. The Labute approximate surface area is 81.0 Å². The number of aryl methyl sites for hydroxylation is 1. The van der Waals surface area contributed by atoms with E-state index in [-0.39, 0.29) is 0 Å². The zero-order chi connectivity index (χ0) is 10.1. The molecular weight excluding hydrogens is 162 g/mol. The average molecular weight is 181 g/mol. The Morgan fingerprint density at radius 2 is 1.92 bits per heavy atom. The average Bonchev–Trinajstić information content (AvgIpc) is 2.19. The van der Waals surface area contributed by atoms with Crippen molar-refractivity contribution < 1.29 is 4.74 Å². The van der Waals surface area contributed by atoms with Crippen LogP contribution in [0.15, 0.2) is 18.3 Å². The van der Waals surface area contributed by atoms with Gasteiger partial charge in [-0.05, 0) is 18.6 Å². The summed E-state index contributed by atoms with van der Waals surface area (Å²) in [6.07, 6.45) is 3.95. The van der Waals surface area contributed by atoms with Crippen molar-refractivity contribution in [2.24, 2.45) is 0 Å². The van der Waals surface area contributed by atoms with E-state index < -0.39 is 0 Å². The van der Waals surface area contributed by atoms with Crippen LogP contribution in [0.1, 0.15) is 32.9 Å². The van der Waals surface area contributed by atoms with E-state index in [0.717, 1.165) is 17.9 Å². The quantitative estimate of drug-likeness (QED) is 0.699. The van der Waals surface area contributed by atoms with Crippen molar-refractivity contribution in [3.8, 4) is 5.75 Å². The second-order valence-corrected chi connectivity index (χ2v) is 2.71. The number of nitrogens with zero attached hydrogens (tertiary/aromatic N) is 1. The minimum Gasteiger partial charge on any atom is -0.495 e. The predicted octanol–water partition coefficient (Wildman–Crippen LogP) is 3.07. The molecule has 0 aliphatic rings. The summed E-state index contributed by atoms with van der Waals surface area (Å²) < 4.78 is 5.07. The van der Waals surface area contributed by atoms with Crippen molar-refractivity contribution in [3.63, 3.8) is 0 Å². The monoisotopic (exact) mass is 181 g/mol. The maximum Gasteiger partial charge on any atom is 0.140 e. The molecular formula is C11H19NO. The molecule has 0 amide bonds. The fourth-order valence-corrected chi connectivity index (χ4v) is 0.875. The van der Waals surface area contributed by atoms with Crippen molar-refractivity contribution in [2.75, 3.05) is 7.11 Å². The maximum absolute atomic E-state index is 5.07. The summed E-state index contributed by atoms with van der Waals surface area (Å²) in [5.41, 5.74) is 1.02. The molecule has 0 unspecified atom stereocenters. The molecule has 0 saturated heterocycles. The van der Waals surface area contributed by atoms with E-state index in [1.165, 1.54) is 6.42 Å². The highest BCUT2D eigenvalue weighted by atomic mass is 16.5. The summed E-state index contributed by atoms with van der Waals surface area (Å²) >= 11 is 0. The highest BCUT2D eigenvalue weighted by molar-refractivity contribution is 5.26. The van der Waals surface area contributed by atoms with Crippen molar-refractivity contribution in [1.29, 1.82) is 0 Å². The number of hydrogen-bond donors (Lipinski definition) is 0. The number of rotatable bonds is 2. The summed E-state index contributed by atoms with van der Waals surface area (Å²) in [6.45, 7) is 6.31. The molecule has 2 nitrogen and oxygen atoms in total. The fourth-order valence-electron chi connectivity index (χ4n) is 0.875. The van der Waals surface area contributed by atoms with Crippen LogP contribution >= 0.6 is 0 Å². The van der Waals surface area contributed by atoms with Crippen LogP contribution in [0, 0.1) is 0 Å². The highest BCUT2D eigenvalue weighted by Crippen LogP contribution is 2.13. The van der Waals surface area contributed by atoms with Gasteiger partial charge in [-0.15, -0.1) is 0 Å². The third kappa shape index (κ3) is 4.51. The largest absolute Gasteiger partial charge is 0.495 e. The van der Waals surface area contributed by atoms with E-state index in [9.17, 15) is 0 Å². The Hall–Kier alpha value is -1.05. The van der Waals surface area contributed by atoms with Gasteiger partial charge in [0, 0.05) is 6.20 Å². The molecule has 0 bridgehead atoms. The summed E-state index contributed by atoms with van der Waals surface area (Å²) in [7, 11) is 1.66. The second kappa shape index (κ2) is 7.59. The highest BCUT2D eigenvalue weighted by Gasteiger charge is 1.97. The van der Waals surface area contributed by atoms with E-state index in [1.807, 2.05) is 12.1 Å². The molecule has 0 fully saturated rings. The molecule has 0 aromatic carbocycles. The number of pyridine rings is 1. The van der Waals surface area contributed by atoms with Crippen molar-refractivity contribution in [1.82, 2.24) is 4.98 Å². The van der Waals surface area contributed by atoms with Crippen LogP contribution in [-0.2, 0) is 6.42 Å². The second-order valence-electron chi connectivity index (χ2n) is 2.71. The number of hydrogen-bond acceptors (Lipinski definition) is 2. The van der Waals surface area contributed by atoms with Crippen molar-refractivity contribution in [2.45, 2.75) is 33.6 Å². The molecule has 1 aromatic heterocycles. The molecule has 13 heavy (non-hydrogen) atoms. The van der Waals surface area contributed by atoms with Crippen LogP contribution in [0.25, 0.3) is 0 Å². The lowest BCUT2D eigenvalue weighted by Gasteiger charge is -2.02. The molecule has 0 N–H and O–H groups in total. The van der Waals surface area contributed by atoms with Gasteiger partial charge in [0.25, 0.3) is 0 Å². The van der Waals surface area contributed by atoms with Crippen LogP contribution in [-0.4, -0.2) is 12.1 Å². The molecule has 1 aromatic rings. The first-order chi connectivity index (χ1) is 6.29. The Bertz CT molecular complexity index is 200. The molecule has 0 aliphatic carbocycles. The summed E-state index contributed by atoms with van der Waals surface area (Å²) in [4.78, 5) is 4.14. The van der Waals surface area contributed by atoms with Gasteiger partial charge in [0.2, 0.25) is 0 Å². The van der Waals surface area contributed by atoms with E-state index >= 15 is 0 Å². The summed E-state index contributed by atoms with van der Waals surface area (Å²) in [6, 6.07) is 3.80. The van der Waals surface area contributed by atoms with Crippen LogP contribution < -0.4 is 4.74 Å². The molecule has 0 aliphatic heterocycles. The lowest BCUT2D eigenvalue weighted by molar-refractivity contribution is 0.407. The van der Waals surface area contributed by atoms with Crippen LogP contribution in [0.3, 0.4) is 0 Å². The maximum atomic E-state index is 5.07. The predicted molar refractivity (Wildman–Crippen MR) is 56.1 cm³/mol. The van der Waals surface area contributed by atoms with Crippen LogP contribution in [0.2, 0.25) is 0 Å². The van der Waals surface area contributed by atoms with Crippen molar-refractivity contribution in [3.05, 3.63) is 24.0 Å². The lowest BCUT2D eigenvalue weighted by atomic mass is 10.3. The van der Waals surface area contributed by atoms with Gasteiger partial charge in [-0.2, -0.15) is 0 Å². The molecule has 0 spiro atoms. The van der Waals surface area contributed by atoms with Gasteiger partial charge >= 0.3 is 0 Å². The fraction of sp³-hybridized carbons (Fsp3) is 0.545. The smallest absolute Gasteiger partial charge is 0.140 e. The molecule has 1 rings (SSSR count). The van der Waals surface area contributed by atoms with Gasteiger partial charge in [-0.25, -0.2) is 0 Å². The van der Waals surface area contributed by atoms with E-state index in [1.54, 1.807) is 13.3 Å². The van der Waals surface area contributed by atoms with E-state index in [2.05, 4.69) is 25.8 Å². The molecule has 0 atom stereocenters. The van der Waals surface area contributed by atoms with Crippen LogP contribution in [0.5, 0.6) is 5.75 Å². The topological polar surface area (TPSA) is 22.1 Å². The summed E-state index contributed by atoms with van der Waals surface area (Å²) in [5, 5.41) is 0. The number of aromatic nitrogens is 1. The minimum absolute atomic E-state index is 0.880. The molecule has 0 saturated carbocycles. The Morgan fingerprint density at radius 3 is 2.31 bits per heavy atom. The van der Waals surface area contributed by atoms with Crippen molar-refractivity contribution >= 4 is 0 Å². The molecule has 0 radical (unpaired) electrons. The number of methoxy groups -OCH3 is 1. The Morgan fingerprint density at radius 1 is 1.31 bits per heavy atom. The normalized spacial score (nSPS) is 8.62. The van der Waals surface area contributed by atoms with E-state index in [4.69, 9.17) is 4.74 Å². The van der Waals surface area contributed by atoms with Crippen LogP contribution in [0.4, 0.5) is 0 Å². The van der Waals surface area contributed by atoms with Gasteiger partial charge in [0.05, 0.1) is 12.8 Å². The van der Waals surface area contributed by atoms with Gasteiger partial charge in [-0.1, -0.05) is 27.2 Å². The first-order valence-electron chi connectivity index (χ1n) is 4.77. The van der Waals surface area contributed by atoms with Gasteiger partial charge < -0.3 is 4.74 Å². The Kier molecular flexibility index (Phi) is 6.98. The lowest BCUT2D eigenvalue weighted by Crippen LogP contribution is -1.92. The summed E-state index contributed by atoms with van der Waals surface area (Å²) in [5.74, 6) is 0.880. The first kappa shape index (κ1) is 11.9. The zero-order valence-corrected chi connectivity index (χ0v) is 9.00. The first-order valence-corrected chi connectivity index (χ1v) is 4.77. The third-order valence-electron chi connectivity index (χ3n) is 1.40. The van der Waals surface area contributed by atoms with Gasteiger partial charge in [-0.3, -0.25) is 4.98 Å². The van der Waals surface area contributed by atoms with E-state index in [0.29, 0.717) is 0 Å². The standard InChI is InChI=1S/C8H11NO.C3H8/c1-3-7-8(10-2)5-4-6-9-7;1-3-2/h4-6H,3H2,1-2H3;3H2,1-2H3. The van der Waals surface area contributed by atoms with Gasteiger partial charge in [0.15, 0.2) is 0 Å². The third-order valence-corrected chi connectivity index (χ3v) is 1.40. The Balaban J connectivity index is 0.000000424. The minimum atomic E-state index is 0.880. The van der Waals surface area contributed by atoms with Gasteiger partial charge in [0.1, 0.15) is 5.75 Å². The number of ether oxygens (including phenoxy) is 1. The molecule has 74 valence electrons.